The molecule has 1 aromatic rings. The zero-order valence-corrected chi connectivity index (χ0v) is 13.3. The van der Waals surface area contributed by atoms with Crippen LogP contribution in [0, 0.1) is 0 Å². The molecule has 0 aliphatic heterocycles. The lowest BCUT2D eigenvalue weighted by atomic mass is 10.2. The summed E-state index contributed by atoms with van der Waals surface area (Å²) in [4.78, 5) is 23.8. The minimum absolute atomic E-state index is 0.106. The van der Waals surface area contributed by atoms with Crippen LogP contribution in [0.2, 0.25) is 0 Å². The van der Waals surface area contributed by atoms with Crippen LogP contribution in [0.15, 0.2) is 29.2 Å². The summed E-state index contributed by atoms with van der Waals surface area (Å²) >= 11 is 6.78. The maximum atomic E-state index is 11.7. The number of para-hydroxylation sites is 1. The second-order valence-electron chi connectivity index (χ2n) is 5.05. The van der Waals surface area contributed by atoms with Crippen molar-refractivity contribution in [3.05, 3.63) is 24.3 Å². The monoisotopic (exact) mass is 315 g/mol. The van der Waals surface area contributed by atoms with E-state index in [2.05, 4.69) is 5.32 Å². The molecule has 1 amide bonds. The SMILES string of the molecule is CC(C)(C)OC(=O)CSc1ccccc1NC(=O)CCl. The third-order valence-corrected chi connectivity index (χ3v) is 3.34. The first-order valence-electron chi connectivity index (χ1n) is 6.11. The highest BCUT2D eigenvalue weighted by molar-refractivity contribution is 8.00. The van der Waals surface area contributed by atoms with Gasteiger partial charge in [-0.1, -0.05) is 12.1 Å². The molecule has 0 heterocycles. The van der Waals surface area contributed by atoms with Crippen LogP contribution < -0.4 is 5.32 Å². The van der Waals surface area contributed by atoms with Gasteiger partial charge in [-0.3, -0.25) is 9.59 Å². The summed E-state index contributed by atoms with van der Waals surface area (Å²) in [5.74, 6) is -0.492. The third kappa shape index (κ3) is 6.30. The Morgan fingerprint density at radius 1 is 1.30 bits per heavy atom. The van der Waals surface area contributed by atoms with Crippen LogP contribution >= 0.6 is 23.4 Å². The molecule has 0 bridgehead atoms. The number of anilines is 1. The van der Waals surface area contributed by atoms with E-state index in [9.17, 15) is 9.59 Å². The normalized spacial score (nSPS) is 11.0. The van der Waals surface area contributed by atoms with Gasteiger partial charge in [0, 0.05) is 4.90 Å². The predicted octanol–water partition coefficient (Wildman–Crippen LogP) is 3.30. The highest BCUT2D eigenvalue weighted by Crippen LogP contribution is 2.27. The van der Waals surface area contributed by atoms with Crippen LogP contribution in [0.1, 0.15) is 20.8 Å². The van der Waals surface area contributed by atoms with E-state index in [0.29, 0.717) is 5.69 Å². The van der Waals surface area contributed by atoms with Crippen LogP contribution in [-0.4, -0.2) is 29.1 Å². The van der Waals surface area contributed by atoms with Crippen molar-refractivity contribution in [3.8, 4) is 0 Å². The second-order valence-corrected chi connectivity index (χ2v) is 6.34. The molecule has 0 atom stereocenters. The molecule has 0 saturated heterocycles. The molecule has 1 N–H and O–H groups in total. The predicted molar refractivity (Wildman–Crippen MR) is 82.4 cm³/mol. The summed E-state index contributed by atoms with van der Waals surface area (Å²) in [5.41, 5.74) is 0.149. The van der Waals surface area contributed by atoms with Crippen molar-refractivity contribution in [1.29, 1.82) is 0 Å². The molecule has 0 spiro atoms. The van der Waals surface area contributed by atoms with Gasteiger partial charge in [0.15, 0.2) is 0 Å². The first kappa shape index (κ1) is 16.9. The molecule has 1 rings (SSSR count). The molecular weight excluding hydrogens is 298 g/mol. The molecule has 0 aliphatic rings. The lowest BCUT2D eigenvalue weighted by Crippen LogP contribution is -2.24. The fraction of sp³-hybridized carbons (Fsp3) is 0.429. The first-order chi connectivity index (χ1) is 9.31. The van der Waals surface area contributed by atoms with Crippen molar-refractivity contribution in [2.24, 2.45) is 0 Å². The number of benzene rings is 1. The minimum Gasteiger partial charge on any atom is -0.459 e. The zero-order chi connectivity index (χ0) is 15.2. The second kappa shape index (κ2) is 7.55. The van der Waals surface area contributed by atoms with Crippen LogP contribution in [0.25, 0.3) is 0 Å². The molecule has 0 aromatic heterocycles. The third-order valence-electron chi connectivity index (χ3n) is 2.05. The van der Waals surface area contributed by atoms with E-state index in [1.54, 1.807) is 12.1 Å². The van der Waals surface area contributed by atoms with Crippen LogP contribution in [0.4, 0.5) is 5.69 Å². The number of ether oxygens (including phenoxy) is 1. The summed E-state index contributed by atoms with van der Waals surface area (Å²) < 4.78 is 5.23. The van der Waals surface area contributed by atoms with E-state index in [-0.39, 0.29) is 23.5 Å². The topological polar surface area (TPSA) is 55.4 Å². The molecule has 6 heteroatoms. The molecule has 0 unspecified atom stereocenters. The van der Waals surface area contributed by atoms with Gasteiger partial charge in [0.05, 0.1) is 11.4 Å². The number of hydrogen-bond acceptors (Lipinski definition) is 4. The maximum absolute atomic E-state index is 11.7. The fourth-order valence-corrected chi connectivity index (χ4v) is 2.24. The Morgan fingerprint density at radius 3 is 2.55 bits per heavy atom. The minimum atomic E-state index is -0.496. The van der Waals surface area contributed by atoms with Crippen LogP contribution in [-0.2, 0) is 14.3 Å². The first-order valence-corrected chi connectivity index (χ1v) is 7.63. The molecule has 20 heavy (non-hydrogen) atoms. The lowest BCUT2D eigenvalue weighted by molar-refractivity contribution is -0.151. The molecule has 0 aliphatic carbocycles. The number of alkyl halides is 1. The number of thioether (sulfide) groups is 1. The zero-order valence-electron chi connectivity index (χ0n) is 11.7. The molecule has 110 valence electrons. The number of carbonyl (C=O) groups is 2. The Morgan fingerprint density at radius 2 is 1.95 bits per heavy atom. The molecule has 4 nitrogen and oxygen atoms in total. The maximum Gasteiger partial charge on any atom is 0.316 e. The van der Waals surface area contributed by atoms with E-state index in [1.807, 2.05) is 32.9 Å². The number of nitrogens with one attached hydrogen (secondary N) is 1. The summed E-state index contributed by atoms with van der Waals surface area (Å²) in [6.45, 7) is 5.47. The van der Waals surface area contributed by atoms with E-state index < -0.39 is 5.60 Å². The van der Waals surface area contributed by atoms with E-state index in [0.717, 1.165) is 4.90 Å². The standard InChI is InChI=1S/C14H18ClNO3S/c1-14(2,3)19-13(18)9-20-11-7-5-4-6-10(11)16-12(17)8-15/h4-7H,8-9H2,1-3H3,(H,16,17). The van der Waals surface area contributed by atoms with Crippen molar-refractivity contribution in [3.63, 3.8) is 0 Å². The Kier molecular flexibility index (Phi) is 6.36. The Balaban J connectivity index is 2.64. The molecule has 0 saturated carbocycles. The quantitative estimate of drug-likeness (QED) is 0.514. The largest absolute Gasteiger partial charge is 0.459 e. The van der Waals surface area contributed by atoms with Crippen molar-refractivity contribution >= 4 is 40.9 Å². The van der Waals surface area contributed by atoms with Crippen molar-refractivity contribution in [2.45, 2.75) is 31.3 Å². The van der Waals surface area contributed by atoms with Gasteiger partial charge in [-0.2, -0.15) is 0 Å². The number of carbonyl (C=O) groups excluding carboxylic acids is 2. The summed E-state index contributed by atoms with van der Waals surface area (Å²) in [6.07, 6.45) is 0. The number of rotatable bonds is 5. The van der Waals surface area contributed by atoms with E-state index in [1.165, 1.54) is 11.8 Å². The highest BCUT2D eigenvalue weighted by Gasteiger charge is 2.17. The van der Waals surface area contributed by atoms with Gasteiger partial charge in [0.2, 0.25) is 5.91 Å². The van der Waals surface area contributed by atoms with Gasteiger partial charge in [0.25, 0.3) is 0 Å². The number of esters is 1. The number of hydrogen-bond donors (Lipinski definition) is 1. The average molecular weight is 316 g/mol. The molecule has 0 fully saturated rings. The van der Waals surface area contributed by atoms with Crippen LogP contribution in [0.5, 0.6) is 0 Å². The number of halogens is 1. The number of amides is 1. The van der Waals surface area contributed by atoms with Crippen molar-refractivity contribution in [2.75, 3.05) is 16.9 Å². The molecule has 0 radical (unpaired) electrons. The van der Waals surface area contributed by atoms with Crippen molar-refractivity contribution < 1.29 is 14.3 Å². The van der Waals surface area contributed by atoms with Gasteiger partial charge in [-0.05, 0) is 32.9 Å². The summed E-state index contributed by atoms with van der Waals surface area (Å²) in [5, 5.41) is 2.69. The lowest BCUT2D eigenvalue weighted by Gasteiger charge is -2.19. The van der Waals surface area contributed by atoms with Gasteiger partial charge >= 0.3 is 5.97 Å². The van der Waals surface area contributed by atoms with Gasteiger partial charge in [-0.15, -0.1) is 23.4 Å². The molecular formula is C14H18ClNO3S. The molecule has 1 aromatic carbocycles. The van der Waals surface area contributed by atoms with E-state index >= 15 is 0 Å². The smallest absolute Gasteiger partial charge is 0.316 e. The van der Waals surface area contributed by atoms with Crippen LogP contribution in [0.3, 0.4) is 0 Å². The fourth-order valence-electron chi connectivity index (χ4n) is 1.39. The highest BCUT2D eigenvalue weighted by atomic mass is 35.5. The summed E-state index contributed by atoms with van der Waals surface area (Å²) in [7, 11) is 0. The average Bonchev–Trinajstić information content (AvgIpc) is 2.35. The Bertz CT molecular complexity index is 486. The summed E-state index contributed by atoms with van der Waals surface area (Å²) in [6, 6.07) is 7.25. The Hall–Kier alpha value is -1.20. The van der Waals surface area contributed by atoms with Crippen molar-refractivity contribution in [1.82, 2.24) is 0 Å². The van der Waals surface area contributed by atoms with Gasteiger partial charge < -0.3 is 10.1 Å². The van der Waals surface area contributed by atoms with Gasteiger partial charge in [0.1, 0.15) is 11.5 Å². The Labute approximate surface area is 128 Å². The van der Waals surface area contributed by atoms with E-state index in [4.69, 9.17) is 16.3 Å². The van der Waals surface area contributed by atoms with Gasteiger partial charge in [-0.25, -0.2) is 0 Å².